The number of hydrogen-bond donors (Lipinski definition) is 2. The zero-order valence-electron chi connectivity index (χ0n) is 23.2. The Morgan fingerprint density at radius 1 is 0.976 bits per heavy atom. The molecule has 0 unspecified atom stereocenters. The summed E-state index contributed by atoms with van der Waals surface area (Å²) in [6.07, 6.45) is 3.27. The second kappa shape index (κ2) is 13.6. The molecule has 4 rings (SSSR count). The molecule has 2 N–H and O–H groups in total. The lowest BCUT2D eigenvalue weighted by Gasteiger charge is -2.22. The molecule has 0 radical (unpaired) electrons. The predicted octanol–water partition coefficient (Wildman–Crippen LogP) is 5.51. The van der Waals surface area contributed by atoms with Crippen molar-refractivity contribution in [3.05, 3.63) is 87.8 Å². The Labute approximate surface area is 243 Å². The molecule has 0 saturated heterocycles. The molecule has 0 aliphatic carbocycles. The zero-order valence-corrected chi connectivity index (χ0v) is 23.9. The smallest absolute Gasteiger partial charge is 0.294 e. The van der Waals surface area contributed by atoms with E-state index < -0.39 is 4.92 Å². The van der Waals surface area contributed by atoms with Crippen LogP contribution in [0.15, 0.2) is 67.0 Å². The van der Waals surface area contributed by atoms with E-state index in [9.17, 15) is 10.1 Å². The molecule has 2 aromatic carbocycles. The van der Waals surface area contributed by atoms with Crippen molar-refractivity contribution in [3.63, 3.8) is 0 Å². The van der Waals surface area contributed by atoms with Gasteiger partial charge < -0.3 is 29.9 Å². The molecule has 4 aromatic rings. The molecule has 41 heavy (non-hydrogen) atoms. The second-order valence-corrected chi connectivity index (χ2v) is 9.70. The molecule has 214 valence electrons. The van der Waals surface area contributed by atoms with Crippen LogP contribution in [0.25, 0.3) is 0 Å². The molecule has 2 aromatic heterocycles. The number of nitro groups is 1. The van der Waals surface area contributed by atoms with Crippen LogP contribution >= 0.6 is 11.6 Å². The molecule has 12 nitrogen and oxygen atoms in total. The van der Waals surface area contributed by atoms with Crippen LogP contribution in [0.5, 0.6) is 11.5 Å². The van der Waals surface area contributed by atoms with Crippen molar-refractivity contribution >= 4 is 46.1 Å². The lowest BCUT2D eigenvalue weighted by molar-refractivity contribution is -0.384. The van der Waals surface area contributed by atoms with Crippen LogP contribution < -0.4 is 25.0 Å². The SMILES string of the molecule is COc1cc(N(C)CCN(C)C)c([N+](=O)[O-])cc1Nc1nccc(Nc2ccc(OCc3ccccn3)c(Cl)c2)n1. The number of aromatic nitrogens is 3. The molecule has 0 bridgehead atoms. The third-order valence-electron chi connectivity index (χ3n) is 6.00. The maximum Gasteiger partial charge on any atom is 0.294 e. The number of nitrogens with zero attached hydrogens (tertiary/aromatic N) is 6. The van der Waals surface area contributed by atoms with E-state index in [1.165, 1.54) is 13.2 Å². The number of rotatable bonds is 13. The van der Waals surface area contributed by atoms with Crippen molar-refractivity contribution in [1.29, 1.82) is 0 Å². The number of ether oxygens (including phenoxy) is 2. The molecule has 0 spiro atoms. The van der Waals surface area contributed by atoms with Gasteiger partial charge in [0, 0.05) is 50.4 Å². The summed E-state index contributed by atoms with van der Waals surface area (Å²) < 4.78 is 11.3. The van der Waals surface area contributed by atoms with Crippen molar-refractivity contribution in [3.8, 4) is 11.5 Å². The monoisotopic (exact) mass is 578 g/mol. The molecular weight excluding hydrogens is 548 g/mol. The highest BCUT2D eigenvalue weighted by atomic mass is 35.5. The van der Waals surface area contributed by atoms with Gasteiger partial charge in [0.25, 0.3) is 5.69 Å². The zero-order chi connectivity index (χ0) is 29.4. The van der Waals surface area contributed by atoms with Crippen LogP contribution in [-0.4, -0.2) is 66.1 Å². The first kappa shape index (κ1) is 29.3. The summed E-state index contributed by atoms with van der Waals surface area (Å²) in [5.41, 5.74) is 2.21. The molecule has 0 atom stereocenters. The van der Waals surface area contributed by atoms with Gasteiger partial charge in [0.15, 0.2) is 0 Å². The summed E-state index contributed by atoms with van der Waals surface area (Å²) in [4.78, 5) is 28.3. The fourth-order valence-corrected chi connectivity index (χ4v) is 4.07. The first-order valence-corrected chi connectivity index (χ1v) is 13.0. The lowest BCUT2D eigenvalue weighted by atomic mass is 10.2. The number of anilines is 5. The number of benzene rings is 2. The highest BCUT2D eigenvalue weighted by molar-refractivity contribution is 6.32. The van der Waals surface area contributed by atoms with E-state index in [0.717, 1.165) is 12.2 Å². The average molecular weight is 579 g/mol. The molecule has 0 aliphatic heterocycles. The Balaban J connectivity index is 1.49. The molecule has 0 fully saturated rings. The van der Waals surface area contributed by atoms with Gasteiger partial charge in [-0.1, -0.05) is 17.7 Å². The van der Waals surface area contributed by atoms with Crippen LogP contribution in [0.4, 0.5) is 34.5 Å². The van der Waals surface area contributed by atoms with Gasteiger partial charge in [-0.05, 0) is 50.5 Å². The van der Waals surface area contributed by atoms with E-state index in [1.54, 1.807) is 36.7 Å². The molecule has 13 heteroatoms. The van der Waals surface area contributed by atoms with Gasteiger partial charge >= 0.3 is 0 Å². The fourth-order valence-electron chi connectivity index (χ4n) is 3.83. The third-order valence-corrected chi connectivity index (χ3v) is 6.29. The van der Waals surface area contributed by atoms with Crippen molar-refractivity contribution in [2.24, 2.45) is 0 Å². The number of hydrogen-bond acceptors (Lipinski definition) is 11. The van der Waals surface area contributed by atoms with Crippen LogP contribution in [0, 0.1) is 10.1 Å². The van der Waals surface area contributed by atoms with Gasteiger partial charge in [0.2, 0.25) is 5.95 Å². The molecule has 0 saturated carbocycles. The van der Waals surface area contributed by atoms with E-state index in [4.69, 9.17) is 21.1 Å². The summed E-state index contributed by atoms with van der Waals surface area (Å²) in [5, 5.41) is 18.6. The summed E-state index contributed by atoms with van der Waals surface area (Å²) in [5.74, 6) is 1.64. The number of nitro benzene ring substituents is 1. The van der Waals surface area contributed by atoms with Gasteiger partial charge in [-0.3, -0.25) is 15.1 Å². The Bertz CT molecular complexity index is 1490. The average Bonchev–Trinajstić information content (AvgIpc) is 2.96. The molecule has 0 aliphatic rings. The maximum atomic E-state index is 11.9. The Hall–Kier alpha value is -4.68. The van der Waals surface area contributed by atoms with E-state index in [0.29, 0.717) is 52.6 Å². The highest BCUT2D eigenvalue weighted by Crippen LogP contribution is 2.39. The minimum Gasteiger partial charge on any atom is -0.494 e. The van der Waals surface area contributed by atoms with E-state index in [1.807, 2.05) is 55.2 Å². The minimum absolute atomic E-state index is 0.0659. The minimum atomic E-state index is -0.418. The lowest BCUT2D eigenvalue weighted by Crippen LogP contribution is -2.28. The van der Waals surface area contributed by atoms with Crippen molar-refractivity contribution in [1.82, 2.24) is 19.9 Å². The number of methoxy groups -OCH3 is 1. The molecular formula is C28H31ClN8O4. The third kappa shape index (κ3) is 7.93. The molecule has 0 amide bonds. The Morgan fingerprint density at radius 3 is 2.49 bits per heavy atom. The number of likely N-dealkylation sites (N-methyl/N-ethyl adjacent to an activating group) is 2. The van der Waals surface area contributed by atoms with Gasteiger partial charge in [-0.15, -0.1) is 0 Å². The number of pyridine rings is 1. The fraction of sp³-hybridized carbons (Fsp3) is 0.250. The van der Waals surface area contributed by atoms with Crippen LogP contribution in [0.1, 0.15) is 5.69 Å². The Kier molecular flexibility index (Phi) is 9.72. The van der Waals surface area contributed by atoms with Gasteiger partial charge in [-0.25, -0.2) is 4.98 Å². The van der Waals surface area contributed by atoms with E-state index in [2.05, 4.69) is 25.6 Å². The first-order chi connectivity index (χ1) is 19.7. The summed E-state index contributed by atoms with van der Waals surface area (Å²) in [6.45, 7) is 1.63. The summed E-state index contributed by atoms with van der Waals surface area (Å²) in [7, 11) is 7.20. The van der Waals surface area contributed by atoms with E-state index >= 15 is 0 Å². The largest absolute Gasteiger partial charge is 0.494 e. The number of halogens is 1. The van der Waals surface area contributed by atoms with Gasteiger partial charge in [-0.2, -0.15) is 4.98 Å². The van der Waals surface area contributed by atoms with Crippen molar-refractivity contribution in [2.75, 3.05) is 56.9 Å². The van der Waals surface area contributed by atoms with Gasteiger partial charge in [0.1, 0.15) is 29.6 Å². The highest BCUT2D eigenvalue weighted by Gasteiger charge is 2.22. The maximum absolute atomic E-state index is 11.9. The van der Waals surface area contributed by atoms with Gasteiger partial charge in [0.05, 0.1) is 28.4 Å². The van der Waals surface area contributed by atoms with Crippen molar-refractivity contribution in [2.45, 2.75) is 6.61 Å². The molecule has 2 heterocycles. The normalized spacial score (nSPS) is 10.8. The second-order valence-electron chi connectivity index (χ2n) is 9.29. The van der Waals surface area contributed by atoms with Crippen LogP contribution in [-0.2, 0) is 6.61 Å². The standard InChI is InChI=1S/C28H31ClN8O4/c1-35(2)13-14-36(3)23-17-26(40-4)22(16-24(23)37(38)39)33-28-31-12-10-27(34-28)32-19-8-9-25(21(29)15-19)41-18-20-7-5-6-11-30-20/h5-12,15-17H,13-14,18H2,1-4H3,(H2,31,32,33,34). The topological polar surface area (TPSA) is 131 Å². The summed E-state index contributed by atoms with van der Waals surface area (Å²) in [6, 6.07) is 15.7. The first-order valence-electron chi connectivity index (χ1n) is 12.6. The quantitative estimate of drug-likeness (QED) is 0.154. The van der Waals surface area contributed by atoms with Crippen LogP contribution in [0.3, 0.4) is 0 Å². The predicted molar refractivity (Wildman–Crippen MR) is 160 cm³/mol. The van der Waals surface area contributed by atoms with E-state index in [-0.39, 0.29) is 11.6 Å². The van der Waals surface area contributed by atoms with Crippen molar-refractivity contribution < 1.29 is 14.4 Å². The van der Waals surface area contributed by atoms with Crippen LogP contribution in [0.2, 0.25) is 5.02 Å². The summed E-state index contributed by atoms with van der Waals surface area (Å²) >= 11 is 6.44. The number of nitrogens with one attached hydrogen (secondary N) is 2. The Morgan fingerprint density at radius 2 is 1.80 bits per heavy atom.